The van der Waals surface area contributed by atoms with Crippen LogP contribution in [0.15, 0.2) is 47.5 Å². The van der Waals surface area contributed by atoms with Gasteiger partial charge in [-0.1, -0.05) is 18.2 Å². The van der Waals surface area contributed by atoms with Crippen LogP contribution in [0.1, 0.15) is 11.1 Å². The van der Waals surface area contributed by atoms with Gasteiger partial charge in [0.05, 0.1) is 21.3 Å². The molecule has 0 aliphatic heterocycles. The minimum atomic E-state index is 0.599. The number of aliphatic imine (C=N–C) groups is 1. The maximum atomic E-state index is 5.42. The molecule has 26 heavy (non-hydrogen) atoms. The smallest absolute Gasteiger partial charge is 0.191 e. The number of nitrogens with one attached hydrogen (secondary N) is 2. The van der Waals surface area contributed by atoms with Gasteiger partial charge in [0.2, 0.25) is 0 Å². The van der Waals surface area contributed by atoms with Crippen molar-refractivity contribution in [2.24, 2.45) is 4.99 Å². The Labute approximate surface area is 155 Å². The van der Waals surface area contributed by atoms with E-state index in [1.54, 1.807) is 28.4 Å². The Morgan fingerprint density at radius 2 is 1.65 bits per heavy atom. The average molecular weight is 357 g/mol. The topological polar surface area (TPSA) is 64.1 Å². The van der Waals surface area contributed by atoms with E-state index in [4.69, 9.17) is 14.2 Å². The van der Waals surface area contributed by atoms with Gasteiger partial charge < -0.3 is 24.8 Å². The van der Waals surface area contributed by atoms with Gasteiger partial charge in [-0.25, -0.2) is 0 Å². The molecule has 0 unspecified atom stereocenters. The second-order valence-electron chi connectivity index (χ2n) is 5.59. The summed E-state index contributed by atoms with van der Waals surface area (Å²) in [6, 6.07) is 13.8. The van der Waals surface area contributed by atoms with Crippen LogP contribution in [-0.2, 0) is 13.0 Å². The van der Waals surface area contributed by atoms with Gasteiger partial charge in [0.25, 0.3) is 0 Å². The minimum Gasteiger partial charge on any atom is -0.497 e. The summed E-state index contributed by atoms with van der Waals surface area (Å²) in [6.45, 7) is 1.35. The highest BCUT2D eigenvalue weighted by atomic mass is 16.5. The Bertz CT molecular complexity index is 732. The maximum absolute atomic E-state index is 5.42. The van der Waals surface area contributed by atoms with E-state index in [2.05, 4.69) is 21.7 Å². The van der Waals surface area contributed by atoms with Crippen molar-refractivity contribution in [1.82, 2.24) is 10.6 Å². The number of para-hydroxylation sites is 1. The molecule has 0 saturated carbocycles. The first-order valence-electron chi connectivity index (χ1n) is 8.49. The molecule has 0 aliphatic rings. The second kappa shape index (κ2) is 10.2. The fourth-order valence-electron chi connectivity index (χ4n) is 2.62. The van der Waals surface area contributed by atoms with E-state index in [1.807, 2.05) is 36.4 Å². The molecule has 0 aromatic heterocycles. The Hall–Kier alpha value is -2.89. The van der Waals surface area contributed by atoms with Crippen LogP contribution in [0.4, 0.5) is 0 Å². The molecule has 2 aromatic carbocycles. The number of nitrogens with zero attached hydrogens (tertiary/aromatic N) is 1. The minimum absolute atomic E-state index is 0.599. The first-order chi connectivity index (χ1) is 12.7. The maximum Gasteiger partial charge on any atom is 0.191 e. The summed E-state index contributed by atoms with van der Waals surface area (Å²) in [7, 11) is 6.73. The molecule has 0 radical (unpaired) electrons. The lowest BCUT2D eigenvalue weighted by Crippen LogP contribution is -2.37. The quantitative estimate of drug-likeness (QED) is 0.562. The molecule has 0 heterocycles. The van der Waals surface area contributed by atoms with E-state index >= 15 is 0 Å². The molecule has 6 heteroatoms. The van der Waals surface area contributed by atoms with Crippen LogP contribution in [0.25, 0.3) is 0 Å². The predicted molar refractivity (Wildman–Crippen MR) is 104 cm³/mol. The molecule has 0 amide bonds. The lowest BCUT2D eigenvalue weighted by atomic mass is 10.1. The van der Waals surface area contributed by atoms with Crippen molar-refractivity contribution < 1.29 is 14.2 Å². The van der Waals surface area contributed by atoms with Gasteiger partial charge in [0, 0.05) is 31.8 Å². The molecule has 0 bridgehead atoms. The van der Waals surface area contributed by atoms with E-state index in [1.165, 1.54) is 0 Å². The molecule has 2 rings (SSSR count). The molecule has 0 saturated heterocycles. The molecule has 140 valence electrons. The summed E-state index contributed by atoms with van der Waals surface area (Å²) in [5, 5.41) is 6.62. The van der Waals surface area contributed by atoms with Crippen molar-refractivity contribution >= 4 is 5.96 Å². The fraction of sp³-hybridized carbons (Fsp3) is 0.350. The monoisotopic (exact) mass is 357 g/mol. The lowest BCUT2D eigenvalue weighted by molar-refractivity contribution is 0.390. The van der Waals surface area contributed by atoms with Gasteiger partial charge in [0.1, 0.15) is 17.2 Å². The SMILES string of the molecule is CN=C(NCCc1ccccc1OC)NCc1ccc(OC)cc1OC. The fourth-order valence-corrected chi connectivity index (χ4v) is 2.62. The van der Waals surface area contributed by atoms with E-state index in [0.29, 0.717) is 6.54 Å². The Morgan fingerprint density at radius 1 is 0.885 bits per heavy atom. The van der Waals surface area contributed by atoms with E-state index < -0.39 is 0 Å². The first kappa shape index (κ1) is 19.4. The van der Waals surface area contributed by atoms with Crippen LogP contribution >= 0.6 is 0 Å². The Morgan fingerprint density at radius 3 is 2.35 bits per heavy atom. The highest BCUT2D eigenvalue weighted by Gasteiger charge is 2.07. The molecule has 0 fully saturated rings. The van der Waals surface area contributed by atoms with Crippen LogP contribution in [0.5, 0.6) is 17.2 Å². The van der Waals surface area contributed by atoms with Gasteiger partial charge in [-0.15, -0.1) is 0 Å². The van der Waals surface area contributed by atoms with Gasteiger partial charge in [0.15, 0.2) is 5.96 Å². The second-order valence-corrected chi connectivity index (χ2v) is 5.59. The highest BCUT2D eigenvalue weighted by molar-refractivity contribution is 5.79. The van der Waals surface area contributed by atoms with Crippen molar-refractivity contribution in [1.29, 1.82) is 0 Å². The third-order valence-electron chi connectivity index (χ3n) is 4.04. The normalized spacial score (nSPS) is 11.0. The molecule has 0 spiro atoms. The highest BCUT2D eigenvalue weighted by Crippen LogP contribution is 2.24. The number of rotatable bonds is 8. The zero-order valence-corrected chi connectivity index (χ0v) is 15.8. The van der Waals surface area contributed by atoms with Crippen molar-refractivity contribution in [3.05, 3.63) is 53.6 Å². The molecular formula is C20H27N3O3. The predicted octanol–water partition coefficient (Wildman–Crippen LogP) is 2.62. The standard InChI is InChI=1S/C20H27N3O3/c1-21-20(22-12-11-15-7-5-6-8-18(15)25-3)23-14-16-9-10-17(24-2)13-19(16)26-4/h5-10,13H,11-12,14H2,1-4H3,(H2,21,22,23). The van der Waals surface area contributed by atoms with Crippen molar-refractivity contribution in [3.8, 4) is 17.2 Å². The zero-order chi connectivity index (χ0) is 18.8. The summed E-state index contributed by atoms with van der Waals surface area (Å²) in [5.41, 5.74) is 2.19. The molecule has 0 atom stereocenters. The third kappa shape index (κ3) is 5.31. The first-order valence-corrected chi connectivity index (χ1v) is 8.49. The van der Waals surface area contributed by atoms with Crippen molar-refractivity contribution in [2.75, 3.05) is 34.9 Å². The summed E-state index contributed by atoms with van der Waals surface area (Å²) in [5.74, 6) is 3.18. The van der Waals surface area contributed by atoms with E-state index in [-0.39, 0.29) is 0 Å². The number of ether oxygens (including phenoxy) is 3. The average Bonchev–Trinajstić information content (AvgIpc) is 2.70. The number of benzene rings is 2. The number of hydrogen-bond acceptors (Lipinski definition) is 4. The molecule has 0 aliphatic carbocycles. The largest absolute Gasteiger partial charge is 0.497 e. The van der Waals surface area contributed by atoms with Crippen molar-refractivity contribution in [3.63, 3.8) is 0 Å². The van der Waals surface area contributed by atoms with Gasteiger partial charge in [-0.3, -0.25) is 4.99 Å². The van der Waals surface area contributed by atoms with Gasteiger partial charge in [-0.05, 0) is 30.2 Å². The molecule has 2 aromatic rings. The molecule has 6 nitrogen and oxygen atoms in total. The van der Waals surface area contributed by atoms with E-state index in [0.717, 1.165) is 47.3 Å². The lowest BCUT2D eigenvalue weighted by Gasteiger charge is -2.15. The number of hydrogen-bond donors (Lipinski definition) is 2. The van der Waals surface area contributed by atoms with Gasteiger partial charge in [-0.2, -0.15) is 0 Å². The summed E-state index contributed by atoms with van der Waals surface area (Å²) in [6.07, 6.45) is 0.844. The number of methoxy groups -OCH3 is 3. The van der Waals surface area contributed by atoms with E-state index in [9.17, 15) is 0 Å². The summed E-state index contributed by atoms with van der Waals surface area (Å²) in [4.78, 5) is 4.26. The van der Waals surface area contributed by atoms with Crippen LogP contribution < -0.4 is 24.8 Å². The zero-order valence-electron chi connectivity index (χ0n) is 15.8. The Kier molecular flexibility index (Phi) is 7.61. The van der Waals surface area contributed by atoms with Crippen LogP contribution in [0.2, 0.25) is 0 Å². The van der Waals surface area contributed by atoms with Crippen LogP contribution in [0.3, 0.4) is 0 Å². The van der Waals surface area contributed by atoms with Crippen LogP contribution in [-0.4, -0.2) is 40.9 Å². The van der Waals surface area contributed by atoms with Crippen LogP contribution in [0, 0.1) is 0 Å². The third-order valence-corrected chi connectivity index (χ3v) is 4.04. The molecule has 2 N–H and O–H groups in total. The Balaban J connectivity index is 1.88. The molecular weight excluding hydrogens is 330 g/mol. The van der Waals surface area contributed by atoms with Crippen molar-refractivity contribution in [2.45, 2.75) is 13.0 Å². The summed E-state index contributed by atoms with van der Waals surface area (Å²) >= 11 is 0. The number of guanidine groups is 1. The van der Waals surface area contributed by atoms with Gasteiger partial charge >= 0.3 is 0 Å². The summed E-state index contributed by atoms with van der Waals surface area (Å²) < 4.78 is 16.0.